The highest BCUT2D eigenvalue weighted by molar-refractivity contribution is 9.11. The molecule has 132 valence electrons. The summed E-state index contributed by atoms with van der Waals surface area (Å²) >= 11 is 12.9. The van der Waals surface area contributed by atoms with Crippen molar-refractivity contribution in [3.63, 3.8) is 0 Å². The number of rotatable bonds is 6. The standard InChI is InChI=1S/C17H16Br2ClN3O2/c1-10-6-12(18)17(13(19)7-10)22-16(24)9-25-23-15(21)8-11-4-2-3-5-14(11)20/h2-7H,8-9H2,1H3,(H2,21,23)(H,22,24). The van der Waals surface area contributed by atoms with Crippen molar-refractivity contribution < 1.29 is 9.63 Å². The van der Waals surface area contributed by atoms with E-state index in [-0.39, 0.29) is 18.3 Å². The summed E-state index contributed by atoms with van der Waals surface area (Å²) < 4.78 is 1.55. The Morgan fingerprint density at radius 2 is 1.92 bits per heavy atom. The molecular formula is C17H16Br2ClN3O2. The van der Waals surface area contributed by atoms with Crippen molar-refractivity contribution in [3.05, 3.63) is 61.5 Å². The molecule has 0 saturated heterocycles. The van der Waals surface area contributed by atoms with Gasteiger partial charge in [-0.05, 0) is 68.1 Å². The Kier molecular flexibility index (Phi) is 7.28. The van der Waals surface area contributed by atoms with E-state index in [1.807, 2.05) is 37.3 Å². The molecule has 0 radical (unpaired) electrons. The minimum Gasteiger partial charge on any atom is -0.384 e. The third-order valence-electron chi connectivity index (χ3n) is 3.16. The first-order chi connectivity index (χ1) is 11.9. The predicted molar refractivity (Wildman–Crippen MR) is 108 cm³/mol. The van der Waals surface area contributed by atoms with Crippen LogP contribution in [0.4, 0.5) is 5.69 Å². The van der Waals surface area contributed by atoms with Crippen LogP contribution in [0.2, 0.25) is 5.02 Å². The molecule has 25 heavy (non-hydrogen) atoms. The molecule has 3 N–H and O–H groups in total. The zero-order valence-corrected chi connectivity index (χ0v) is 17.3. The number of amidine groups is 1. The zero-order chi connectivity index (χ0) is 18.4. The normalized spacial score (nSPS) is 11.3. The average molecular weight is 490 g/mol. The van der Waals surface area contributed by atoms with E-state index in [0.29, 0.717) is 17.1 Å². The topological polar surface area (TPSA) is 76.7 Å². The van der Waals surface area contributed by atoms with E-state index >= 15 is 0 Å². The van der Waals surface area contributed by atoms with Gasteiger partial charge in [0, 0.05) is 20.4 Å². The lowest BCUT2D eigenvalue weighted by molar-refractivity contribution is -0.120. The molecule has 0 fully saturated rings. The maximum Gasteiger partial charge on any atom is 0.265 e. The minimum atomic E-state index is -0.348. The Labute approximate surface area is 167 Å². The summed E-state index contributed by atoms with van der Waals surface area (Å²) in [6.45, 7) is 1.71. The molecule has 8 heteroatoms. The van der Waals surface area contributed by atoms with E-state index in [4.69, 9.17) is 22.2 Å². The molecular weight excluding hydrogens is 473 g/mol. The van der Waals surface area contributed by atoms with Crippen molar-refractivity contribution in [2.75, 3.05) is 11.9 Å². The Morgan fingerprint density at radius 3 is 2.56 bits per heavy atom. The van der Waals surface area contributed by atoms with Crippen LogP contribution in [0.15, 0.2) is 50.5 Å². The molecule has 2 aromatic carbocycles. The van der Waals surface area contributed by atoms with Crippen LogP contribution < -0.4 is 11.1 Å². The number of nitrogens with one attached hydrogen (secondary N) is 1. The van der Waals surface area contributed by atoms with Gasteiger partial charge in [0.2, 0.25) is 0 Å². The van der Waals surface area contributed by atoms with Crippen molar-refractivity contribution in [3.8, 4) is 0 Å². The lowest BCUT2D eigenvalue weighted by Gasteiger charge is -2.10. The summed E-state index contributed by atoms with van der Waals surface area (Å²) in [6.07, 6.45) is 0.344. The zero-order valence-electron chi connectivity index (χ0n) is 13.4. The molecule has 0 aliphatic heterocycles. The van der Waals surface area contributed by atoms with Crippen molar-refractivity contribution in [2.45, 2.75) is 13.3 Å². The van der Waals surface area contributed by atoms with E-state index in [1.54, 1.807) is 6.07 Å². The summed E-state index contributed by atoms with van der Waals surface area (Å²) in [5.74, 6) is -0.113. The van der Waals surface area contributed by atoms with Gasteiger partial charge >= 0.3 is 0 Å². The first-order valence-corrected chi connectivity index (χ1v) is 9.26. The number of benzene rings is 2. The smallest absolute Gasteiger partial charge is 0.265 e. The largest absolute Gasteiger partial charge is 0.384 e. The average Bonchev–Trinajstić information content (AvgIpc) is 2.53. The monoisotopic (exact) mass is 487 g/mol. The van der Waals surface area contributed by atoms with Crippen LogP contribution in [0.25, 0.3) is 0 Å². The summed E-state index contributed by atoms with van der Waals surface area (Å²) in [5, 5.41) is 7.11. The van der Waals surface area contributed by atoms with Gasteiger partial charge in [-0.3, -0.25) is 4.79 Å². The molecule has 0 unspecified atom stereocenters. The SMILES string of the molecule is Cc1cc(Br)c(NC(=O)CO/N=C(/N)Cc2ccccc2Cl)c(Br)c1. The van der Waals surface area contributed by atoms with Gasteiger partial charge in [-0.15, -0.1) is 0 Å². The Balaban J connectivity index is 1.89. The fourth-order valence-electron chi connectivity index (χ4n) is 2.04. The van der Waals surface area contributed by atoms with E-state index in [9.17, 15) is 4.79 Å². The number of nitrogens with zero attached hydrogens (tertiary/aromatic N) is 1. The van der Waals surface area contributed by atoms with Gasteiger partial charge in [0.1, 0.15) is 5.84 Å². The Morgan fingerprint density at radius 1 is 1.28 bits per heavy atom. The number of anilines is 1. The highest BCUT2D eigenvalue weighted by Gasteiger charge is 2.11. The third-order valence-corrected chi connectivity index (χ3v) is 4.78. The molecule has 2 rings (SSSR count). The van der Waals surface area contributed by atoms with Gasteiger partial charge in [-0.25, -0.2) is 0 Å². The van der Waals surface area contributed by atoms with Gasteiger partial charge in [-0.1, -0.05) is 35.0 Å². The highest BCUT2D eigenvalue weighted by Crippen LogP contribution is 2.32. The molecule has 0 heterocycles. The third kappa shape index (κ3) is 6.02. The lowest BCUT2D eigenvalue weighted by atomic mass is 10.1. The van der Waals surface area contributed by atoms with E-state index in [2.05, 4.69) is 42.3 Å². The number of amides is 1. The van der Waals surface area contributed by atoms with Crippen molar-refractivity contribution in [2.24, 2.45) is 10.9 Å². The minimum absolute atomic E-state index is 0.235. The first-order valence-electron chi connectivity index (χ1n) is 7.30. The van der Waals surface area contributed by atoms with Crippen LogP contribution in [0, 0.1) is 6.92 Å². The Hall–Kier alpha value is -1.57. The fourth-order valence-corrected chi connectivity index (χ4v) is 3.85. The van der Waals surface area contributed by atoms with E-state index in [1.165, 1.54) is 0 Å². The fraction of sp³-hybridized carbons (Fsp3) is 0.176. The second-order valence-electron chi connectivity index (χ2n) is 5.28. The molecule has 0 saturated carbocycles. The molecule has 0 aliphatic rings. The summed E-state index contributed by atoms with van der Waals surface area (Å²) in [5.41, 5.74) is 8.33. The molecule has 2 aromatic rings. The quantitative estimate of drug-likeness (QED) is 0.353. The number of carbonyl (C=O) groups excluding carboxylic acids is 1. The van der Waals surface area contributed by atoms with Gasteiger partial charge in [0.05, 0.1) is 5.69 Å². The van der Waals surface area contributed by atoms with Gasteiger partial charge in [0.25, 0.3) is 5.91 Å². The molecule has 0 bridgehead atoms. The van der Waals surface area contributed by atoms with Crippen LogP contribution in [0.5, 0.6) is 0 Å². The second-order valence-corrected chi connectivity index (χ2v) is 7.39. The van der Waals surface area contributed by atoms with E-state index < -0.39 is 0 Å². The summed E-state index contributed by atoms with van der Waals surface area (Å²) in [4.78, 5) is 17.0. The lowest BCUT2D eigenvalue weighted by Crippen LogP contribution is -2.20. The van der Waals surface area contributed by atoms with Crippen molar-refractivity contribution in [1.29, 1.82) is 0 Å². The predicted octanol–water partition coefficient (Wildman–Crippen LogP) is 4.64. The Bertz CT molecular complexity index is 789. The van der Waals surface area contributed by atoms with Crippen LogP contribution in [-0.2, 0) is 16.1 Å². The molecule has 0 spiro atoms. The maximum absolute atomic E-state index is 12.0. The number of halogens is 3. The maximum atomic E-state index is 12.0. The number of hydrogen-bond acceptors (Lipinski definition) is 3. The number of oxime groups is 1. The first kappa shape index (κ1) is 19.8. The van der Waals surface area contributed by atoms with E-state index in [0.717, 1.165) is 20.1 Å². The van der Waals surface area contributed by atoms with Crippen molar-refractivity contribution in [1.82, 2.24) is 0 Å². The van der Waals surface area contributed by atoms with Crippen LogP contribution >= 0.6 is 43.5 Å². The van der Waals surface area contributed by atoms with Gasteiger partial charge in [-0.2, -0.15) is 0 Å². The van der Waals surface area contributed by atoms with Crippen LogP contribution in [0.3, 0.4) is 0 Å². The summed E-state index contributed by atoms with van der Waals surface area (Å²) in [7, 11) is 0. The van der Waals surface area contributed by atoms with Gasteiger partial charge in [0.15, 0.2) is 6.61 Å². The molecule has 1 amide bonds. The number of carbonyl (C=O) groups is 1. The highest BCUT2D eigenvalue weighted by atomic mass is 79.9. The summed E-state index contributed by atoms with van der Waals surface area (Å²) in [6, 6.07) is 11.1. The molecule has 0 aliphatic carbocycles. The number of hydrogen-bond donors (Lipinski definition) is 2. The second kappa shape index (κ2) is 9.22. The molecule has 0 atom stereocenters. The number of nitrogens with two attached hydrogens (primary N) is 1. The van der Waals surface area contributed by atoms with Crippen molar-refractivity contribution >= 4 is 60.9 Å². The van der Waals surface area contributed by atoms with Crippen LogP contribution in [0.1, 0.15) is 11.1 Å². The number of aryl methyl sites for hydroxylation is 1. The van der Waals surface area contributed by atoms with Crippen LogP contribution in [-0.4, -0.2) is 18.3 Å². The molecule has 0 aromatic heterocycles. The molecule has 5 nitrogen and oxygen atoms in total. The van der Waals surface area contributed by atoms with Gasteiger partial charge < -0.3 is 15.9 Å².